The van der Waals surface area contributed by atoms with E-state index in [1.807, 2.05) is 41.4 Å². The molecule has 2 fully saturated rings. The molecule has 0 spiro atoms. The lowest BCUT2D eigenvalue weighted by Crippen LogP contribution is -2.40. The SMILES string of the molecule is CC(c1cccnc1)N(C(=O)Nc1cc(Cl)ccc1N1CCOCC1)C1CC1. The molecule has 1 aliphatic heterocycles. The first-order chi connectivity index (χ1) is 13.6. The van der Waals surface area contributed by atoms with Crippen LogP contribution >= 0.6 is 11.6 Å². The lowest BCUT2D eigenvalue weighted by Gasteiger charge is -2.33. The van der Waals surface area contributed by atoms with Gasteiger partial charge in [-0.1, -0.05) is 17.7 Å². The number of benzene rings is 1. The van der Waals surface area contributed by atoms with E-state index in [9.17, 15) is 4.79 Å². The normalized spacial score (nSPS) is 17.9. The lowest BCUT2D eigenvalue weighted by molar-refractivity contribution is 0.123. The molecule has 1 aromatic carbocycles. The number of ether oxygens (including phenoxy) is 1. The first-order valence-electron chi connectivity index (χ1n) is 9.75. The highest BCUT2D eigenvalue weighted by Crippen LogP contribution is 2.36. The summed E-state index contributed by atoms with van der Waals surface area (Å²) in [5.41, 5.74) is 2.75. The highest BCUT2D eigenvalue weighted by atomic mass is 35.5. The zero-order chi connectivity index (χ0) is 19.5. The van der Waals surface area contributed by atoms with Crippen LogP contribution in [0.5, 0.6) is 0 Å². The number of rotatable bonds is 5. The molecule has 7 heteroatoms. The molecule has 1 aromatic heterocycles. The Bertz CT molecular complexity index is 822. The average Bonchev–Trinajstić information content (AvgIpc) is 3.54. The Kier molecular flexibility index (Phi) is 5.69. The molecule has 0 bridgehead atoms. The van der Waals surface area contributed by atoms with Crippen LogP contribution in [0.25, 0.3) is 0 Å². The second-order valence-electron chi connectivity index (χ2n) is 7.29. The van der Waals surface area contributed by atoms with Crippen LogP contribution in [0.3, 0.4) is 0 Å². The molecule has 1 saturated carbocycles. The van der Waals surface area contributed by atoms with Gasteiger partial charge in [-0.15, -0.1) is 0 Å². The molecule has 28 heavy (non-hydrogen) atoms. The highest BCUT2D eigenvalue weighted by molar-refractivity contribution is 6.31. The van der Waals surface area contributed by atoms with Crippen LogP contribution in [0.4, 0.5) is 16.2 Å². The molecule has 1 saturated heterocycles. The molecule has 2 aromatic rings. The molecular weight excluding hydrogens is 376 g/mol. The van der Waals surface area contributed by atoms with Crippen LogP contribution in [0.2, 0.25) is 5.02 Å². The van der Waals surface area contributed by atoms with Crippen LogP contribution in [0.15, 0.2) is 42.7 Å². The van der Waals surface area contributed by atoms with Gasteiger partial charge in [0.1, 0.15) is 0 Å². The first-order valence-corrected chi connectivity index (χ1v) is 10.1. The molecule has 1 aliphatic carbocycles. The van der Waals surface area contributed by atoms with Crippen molar-refractivity contribution in [1.82, 2.24) is 9.88 Å². The van der Waals surface area contributed by atoms with Gasteiger partial charge in [0.25, 0.3) is 0 Å². The van der Waals surface area contributed by atoms with Crippen molar-refractivity contribution in [3.8, 4) is 0 Å². The molecule has 1 atom stereocenters. The summed E-state index contributed by atoms with van der Waals surface area (Å²) >= 11 is 6.24. The predicted molar refractivity (Wildman–Crippen MR) is 111 cm³/mol. The summed E-state index contributed by atoms with van der Waals surface area (Å²) in [4.78, 5) is 21.6. The number of aromatic nitrogens is 1. The summed E-state index contributed by atoms with van der Waals surface area (Å²) in [5, 5.41) is 3.72. The summed E-state index contributed by atoms with van der Waals surface area (Å²) in [6.45, 7) is 5.01. The zero-order valence-corrected chi connectivity index (χ0v) is 16.7. The van der Waals surface area contributed by atoms with Crippen molar-refractivity contribution in [2.75, 3.05) is 36.5 Å². The van der Waals surface area contributed by atoms with Gasteiger partial charge < -0.3 is 19.9 Å². The van der Waals surface area contributed by atoms with E-state index in [1.165, 1.54) is 0 Å². The Labute approximate surface area is 170 Å². The quantitative estimate of drug-likeness (QED) is 0.811. The number of carbonyl (C=O) groups is 1. The van der Waals surface area contributed by atoms with Gasteiger partial charge in [0.15, 0.2) is 0 Å². The van der Waals surface area contributed by atoms with Gasteiger partial charge in [0.05, 0.1) is 30.6 Å². The Morgan fingerprint density at radius 2 is 2.11 bits per heavy atom. The molecule has 0 radical (unpaired) electrons. The van der Waals surface area contributed by atoms with Crippen molar-refractivity contribution in [1.29, 1.82) is 0 Å². The number of morpholine rings is 1. The van der Waals surface area contributed by atoms with E-state index in [0.717, 1.165) is 42.9 Å². The Balaban J connectivity index is 1.57. The van der Waals surface area contributed by atoms with Gasteiger partial charge in [-0.2, -0.15) is 0 Å². The zero-order valence-electron chi connectivity index (χ0n) is 16.0. The van der Waals surface area contributed by atoms with Crippen molar-refractivity contribution in [3.63, 3.8) is 0 Å². The minimum Gasteiger partial charge on any atom is -0.378 e. The third-order valence-electron chi connectivity index (χ3n) is 5.31. The van der Waals surface area contributed by atoms with Crippen molar-refractivity contribution in [2.45, 2.75) is 31.8 Å². The standard InChI is InChI=1S/C21H25ClN4O2/c1-15(16-3-2-8-23-14-16)26(18-5-6-18)21(27)24-19-13-17(22)4-7-20(19)25-9-11-28-12-10-25/h2-4,7-8,13-15,18H,5-6,9-12H2,1H3,(H,24,27). The molecule has 6 nitrogen and oxygen atoms in total. The number of nitrogens with zero attached hydrogens (tertiary/aromatic N) is 3. The Morgan fingerprint density at radius 1 is 1.32 bits per heavy atom. The molecular formula is C21H25ClN4O2. The third-order valence-corrected chi connectivity index (χ3v) is 5.55. The maximum absolute atomic E-state index is 13.3. The number of carbonyl (C=O) groups excluding carboxylic acids is 1. The molecule has 4 rings (SSSR count). The number of anilines is 2. The number of urea groups is 1. The fourth-order valence-corrected chi connectivity index (χ4v) is 3.83. The van der Waals surface area contributed by atoms with Crippen LogP contribution in [0, 0.1) is 0 Å². The highest BCUT2D eigenvalue weighted by Gasteiger charge is 2.36. The number of amides is 2. The molecule has 1 unspecified atom stereocenters. The summed E-state index contributed by atoms with van der Waals surface area (Å²) < 4.78 is 5.46. The lowest BCUT2D eigenvalue weighted by atomic mass is 10.1. The monoisotopic (exact) mass is 400 g/mol. The maximum Gasteiger partial charge on any atom is 0.322 e. The maximum atomic E-state index is 13.3. The van der Waals surface area contributed by atoms with Crippen molar-refractivity contribution in [3.05, 3.63) is 53.3 Å². The molecule has 2 heterocycles. The summed E-state index contributed by atoms with van der Waals surface area (Å²) in [5.74, 6) is 0. The Hall–Kier alpha value is -2.31. The van der Waals surface area contributed by atoms with Crippen molar-refractivity contribution < 1.29 is 9.53 Å². The smallest absolute Gasteiger partial charge is 0.322 e. The van der Waals surface area contributed by atoms with E-state index in [4.69, 9.17) is 16.3 Å². The third kappa shape index (κ3) is 4.23. The minimum atomic E-state index is -0.101. The fraction of sp³-hybridized carbons (Fsp3) is 0.429. The number of nitrogens with one attached hydrogen (secondary N) is 1. The van der Waals surface area contributed by atoms with Crippen LogP contribution in [-0.2, 0) is 4.74 Å². The fourth-order valence-electron chi connectivity index (χ4n) is 3.66. The van der Waals surface area contributed by atoms with Crippen LogP contribution in [0.1, 0.15) is 31.4 Å². The number of pyridine rings is 1. The number of hydrogen-bond acceptors (Lipinski definition) is 4. The predicted octanol–water partition coefficient (Wildman–Crippen LogP) is 4.33. The minimum absolute atomic E-state index is 0.0489. The van der Waals surface area contributed by atoms with E-state index in [1.54, 1.807) is 6.20 Å². The second kappa shape index (κ2) is 8.37. The summed E-state index contributed by atoms with van der Waals surface area (Å²) in [6.07, 6.45) is 5.64. The second-order valence-corrected chi connectivity index (χ2v) is 7.73. The first kappa shape index (κ1) is 19.0. The van der Waals surface area contributed by atoms with Crippen LogP contribution in [-0.4, -0.2) is 48.3 Å². The summed E-state index contributed by atoms with van der Waals surface area (Å²) in [6, 6.07) is 9.68. The van der Waals surface area contributed by atoms with E-state index in [-0.39, 0.29) is 18.1 Å². The molecule has 1 N–H and O–H groups in total. The van der Waals surface area contributed by atoms with Gasteiger partial charge in [-0.05, 0) is 49.6 Å². The topological polar surface area (TPSA) is 57.7 Å². The van der Waals surface area contributed by atoms with Gasteiger partial charge in [-0.3, -0.25) is 4.98 Å². The van der Waals surface area contributed by atoms with Gasteiger partial charge >= 0.3 is 6.03 Å². The molecule has 2 aliphatic rings. The average molecular weight is 401 g/mol. The van der Waals surface area contributed by atoms with Gasteiger partial charge in [0, 0.05) is 36.5 Å². The number of halogens is 1. The molecule has 148 valence electrons. The van der Waals surface area contributed by atoms with E-state index in [2.05, 4.69) is 22.1 Å². The largest absolute Gasteiger partial charge is 0.378 e. The van der Waals surface area contributed by atoms with Gasteiger partial charge in [0.2, 0.25) is 0 Å². The van der Waals surface area contributed by atoms with E-state index >= 15 is 0 Å². The van der Waals surface area contributed by atoms with Crippen LogP contribution < -0.4 is 10.2 Å². The summed E-state index contributed by atoms with van der Waals surface area (Å²) in [7, 11) is 0. The van der Waals surface area contributed by atoms with E-state index in [0.29, 0.717) is 18.2 Å². The Morgan fingerprint density at radius 3 is 2.79 bits per heavy atom. The van der Waals surface area contributed by atoms with E-state index < -0.39 is 0 Å². The van der Waals surface area contributed by atoms with Crippen molar-refractivity contribution >= 4 is 29.0 Å². The number of hydrogen-bond donors (Lipinski definition) is 1. The van der Waals surface area contributed by atoms with Gasteiger partial charge in [-0.25, -0.2) is 4.79 Å². The van der Waals surface area contributed by atoms with Crippen molar-refractivity contribution in [2.24, 2.45) is 0 Å². The molecule has 2 amide bonds.